The Morgan fingerprint density at radius 3 is 2.40 bits per heavy atom. The summed E-state index contributed by atoms with van der Waals surface area (Å²) in [5.74, 6) is 3.85. The molecule has 1 aromatic rings. The lowest BCUT2D eigenvalue weighted by Gasteiger charge is -2.36. The molecule has 1 amide bonds. The normalized spacial score (nSPS) is 24.7. The number of amides is 1. The zero-order valence-electron chi connectivity index (χ0n) is 11.8. The molecule has 0 atom stereocenters. The van der Waals surface area contributed by atoms with E-state index in [1.165, 1.54) is 19.3 Å². The van der Waals surface area contributed by atoms with Crippen molar-refractivity contribution in [2.45, 2.75) is 56.8 Å². The molecule has 0 bridgehead atoms. The molecule has 0 spiro atoms. The van der Waals surface area contributed by atoms with E-state index in [1.54, 1.807) is 0 Å². The molecular formula is C15H22N4O. The predicted octanol–water partition coefficient (Wildman–Crippen LogP) is 2.19. The number of hydrogen-bond acceptors (Lipinski definition) is 3. The van der Waals surface area contributed by atoms with Crippen LogP contribution in [0.3, 0.4) is 0 Å². The van der Waals surface area contributed by atoms with Gasteiger partial charge in [0.15, 0.2) is 5.82 Å². The molecule has 5 heteroatoms. The van der Waals surface area contributed by atoms with Gasteiger partial charge in [0.2, 0.25) is 5.91 Å². The van der Waals surface area contributed by atoms with E-state index in [9.17, 15) is 4.79 Å². The van der Waals surface area contributed by atoms with Crippen LogP contribution in [0, 0.1) is 5.92 Å². The van der Waals surface area contributed by atoms with Gasteiger partial charge in [-0.15, -0.1) is 0 Å². The molecule has 0 aromatic carbocycles. The first kappa shape index (κ1) is 12.4. The van der Waals surface area contributed by atoms with Crippen molar-refractivity contribution in [1.29, 1.82) is 0 Å². The van der Waals surface area contributed by atoms with E-state index in [0.29, 0.717) is 23.7 Å². The maximum Gasteiger partial charge on any atom is 0.225 e. The molecule has 5 nitrogen and oxygen atoms in total. The average Bonchev–Trinajstić information content (AvgIpc) is 3.15. The third-order valence-corrected chi connectivity index (χ3v) is 5.11. The van der Waals surface area contributed by atoms with Crippen LogP contribution in [0.5, 0.6) is 0 Å². The Balaban J connectivity index is 1.34. The van der Waals surface area contributed by atoms with Gasteiger partial charge in [0.1, 0.15) is 5.82 Å². The second-order valence-electron chi connectivity index (χ2n) is 6.58. The fourth-order valence-corrected chi connectivity index (χ4v) is 3.28. The fourth-order valence-electron chi connectivity index (χ4n) is 3.28. The van der Waals surface area contributed by atoms with Crippen molar-refractivity contribution in [3.05, 3.63) is 11.6 Å². The molecule has 1 aliphatic heterocycles. The third-order valence-electron chi connectivity index (χ3n) is 5.11. The van der Waals surface area contributed by atoms with Gasteiger partial charge in [-0.1, -0.05) is 6.42 Å². The summed E-state index contributed by atoms with van der Waals surface area (Å²) in [5.41, 5.74) is 0. The van der Waals surface area contributed by atoms with Crippen LogP contribution in [0.25, 0.3) is 0 Å². The fraction of sp³-hybridized carbons (Fsp3) is 0.800. The highest BCUT2D eigenvalue weighted by Crippen LogP contribution is 2.38. The number of likely N-dealkylation sites (tertiary alicyclic amines) is 1. The molecule has 2 saturated carbocycles. The Morgan fingerprint density at radius 2 is 1.80 bits per heavy atom. The molecule has 1 N–H and O–H groups in total. The van der Waals surface area contributed by atoms with Crippen molar-refractivity contribution >= 4 is 5.91 Å². The first-order valence-corrected chi connectivity index (χ1v) is 8.02. The second kappa shape index (κ2) is 4.86. The molecule has 3 fully saturated rings. The summed E-state index contributed by atoms with van der Waals surface area (Å²) in [6, 6.07) is 0. The molecule has 1 saturated heterocycles. The number of hydrogen-bond donors (Lipinski definition) is 1. The van der Waals surface area contributed by atoms with Gasteiger partial charge >= 0.3 is 0 Å². The lowest BCUT2D eigenvalue weighted by molar-refractivity contribution is -0.139. The summed E-state index contributed by atoms with van der Waals surface area (Å²) in [4.78, 5) is 18.9. The zero-order valence-corrected chi connectivity index (χ0v) is 11.8. The molecule has 2 heterocycles. The smallest absolute Gasteiger partial charge is 0.225 e. The van der Waals surface area contributed by atoms with Crippen molar-refractivity contribution < 1.29 is 4.79 Å². The molecule has 3 aliphatic rings. The van der Waals surface area contributed by atoms with Gasteiger partial charge in [0, 0.05) is 30.8 Å². The van der Waals surface area contributed by atoms with E-state index >= 15 is 0 Å². The predicted molar refractivity (Wildman–Crippen MR) is 74.3 cm³/mol. The van der Waals surface area contributed by atoms with Crippen molar-refractivity contribution in [3.63, 3.8) is 0 Å². The number of carbonyl (C=O) groups is 1. The van der Waals surface area contributed by atoms with Crippen LogP contribution in [-0.4, -0.2) is 39.1 Å². The van der Waals surface area contributed by atoms with Gasteiger partial charge in [-0.3, -0.25) is 9.89 Å². The molecule has 4 rings (SSSR count). The van der Waals surface area contributed by atoms with E-state index in [2.05, 4.69) is 20.1 Å². The summed E-state index contributed by atoms with van der Waals surface area (Å²) in [6.07, 6.45) is 7.97. The van der Waals surface area contributed by atoms with Gasteiger partial charge in [-0.2, -0.15) is 5.10 Å². The molecule has 20 heavy (non-hydrogen) atoms. The minimum Gasteiger partial charge on any atom is -0.342 e. The van der Waals surface area contributed by atoms with Crippen LogP contribution in [0.15, 0.2) is 0 Å². The first-order valence-electron chi connectivity index (χ1n) is 8.02. The first-order chi connectivity index (χ1) is 9.81. The molecule has 2 aliphatic carbocycles. The van der Waals surface area contributed by atoms with E-state index < -0.39 is 0 Å². The largest absolute Gasteiger partial charge is 0.342 e. The highest BCUT2D eigenvalue weighted by Gasteiger charge is 2.33. The highest BCUT2D eigenvalue weighted by atomic mass is 16.2. The van der Waals surface area contributed by atoms with Crippen LogP contribution in [-0.2, 0) is 4.79 Å². The van der Waals surface area contributed by atoms with Crippen LogP contribution < -0.4 is 0 Å². The monoisotopic (exact) mass is 274 g/mol. The van der Waals surface area contributed by atoms with Crippen LogP contribution in [0.4, 0.5) is 0 Å². The summed E-state index contributed by atoms with van der Waals surface area (Å²) in [7, 11) is 0. The second-order valence-corrected chi connectivity index (χ2v) is 6.58. The summed E-state index contributed by atoms with van der Waals surface area (Å²) in [6.45, 7) is 1.78. The third kappa shape index (κ3) is 2.23. The van der Waals surface area contributed by atoms with Crippen molar-refractivity contribution in [3.8, 4) is 0 Å². The zero-order chi connectivity index (χ0) is 13.5. The van der Waals surface area contributed by atoms with Gasteiger partial charge in [-0.05, 0) is 38.5 Å². The van der Waals surface area contributed by atoms with Crippen molar-refractivity contribution in [2.75, 3.05) is 13.1 Å². The Labute approximate surface area is 119 Å². The van der Waals surface area contributed by atoms with E-state index in [-0.39, 0.29) is 0 Å². The number of H-pyrrole nitrogens is 1. The lowest BCUT2D eigenvalue weighted by Crippen LogP contribution is -2.43. The Morgan fingerprint density at radius 1 is 1.05 bits per heavy atom. The number of nitrogens with one attached hydrogen (secondary N) is 1. The highest BCUT2D eigenvalue weighted by molar-refractivity contribution is 5.79. The van der Waals surface area contributed by atoms with E-state index in [1.807, 2.05) is 0 Å². The topological polar surface area (TPSA) is 61.9 Å². The standard InChI is InChI=1S/C15H22N4O/c20-15(12-2-1-3-12)19-8-6-11(7-9-19)14-16-13(17-18-14)10-4-5-10/h10-12H,1-9H2,(H,16,17,18). The molecule has 1 aromatic heterocycles. The van der Waals surface area contributed by atoms with Gasteiger partial charge in [0.05, 0.1) is 0 Å². The number of carbonyl (C=O) groups excluding carboxylic acids is 1. The minimum absolute atomic E-state index is 0.332. The maximum absolute atomic E-state index is 12.2. The number of aromatic nitrogens is 3. The summed E-state index contributed by atoms with van der Waals surface area (Å²) >= 11 is 0. The van der Waals surface area contributed by atoms with Gasteiger partial charge < -0.3 is 4.90 Å². The number of piperidine rings is 1. The van der Waals surface area contributed by atoms with Crippen LogP contribution in [0.2, 0.25) is 0 Å². The van der Waals surface area contributed by atoms with E-state index in [4.69, 9.17) is 0 Å². The van der Waals surface area contributed by atoms with E-state index in [0.717, 1.165) is 50.4 Å². The summed E-state index contributed by atoms with van der Waals surface area (Å²) < 4.78 is 0. The van der Waals surface area contributed by atoms with Crippen molar-refractivity contribution in [2.24, 2.45) is 5.92 Å². The Bertz CT molecular complexity index is 496. The minimum atomic E-state index is 0.332. The maximum atomic E-state index is 12.2. The SMILES string of the molecule is O=C(C1CCC1)N1CCC(c2nc(C3CC3)n[nH]2)CC1. The van der Waals surface area contributed by atoms with Crippen LogP contribution >= 0.6 is 0 Å². The molecule has 0 radical (unpaired) electrons. The molecule has 108 valence electrons. The van der Waals surface area contributed by atoms with Crippen molar-refractivity contribution in [1.82, 2.24) is 20.1 Å². The molecule has 0 unspecified atom stereocenters. The Kier molecular flexibility index (Phi) is 3.00. The number of nitrogens with zero attached hydrogens (tertiary/aromatic N) is 3. The van der Waals surface area contributed by atoms with Crippen LogP contribution in [0.1, 0.15) is 68.4 Å². The summed E-state index contributed by atoms with van der Waals surface area (Å²) in [5, 5.41) is 7.46. The number of aromatic amines is 1. The number of rotatable bonds is 3. The molecular weight excluding hydrogens is 252 g/mol. The Hall–Kier alpha value is -1.39. The quantitative estimate of drug-likeness (QED) is 0.919. The lowest BCUT2D eigenvalue weighted by atomic mass is 9.83. The van der Waals surface area contributed by atoms with Gasteiger partial charge in [0.25, 0.3) is 0 Å². The van der Waals surface area contributed by atoms with Gasteiger partial charge in [-0.25, -0.2) is 4.98 Å². The average molecular weight is 274 g/mol.